The van der Waals surface area contributed by atoms with Crippen LogP contribution < -0.4 is 10.0 Å². The Hall–Kier alpha value is -2.48. The highest BCUT2D eigenvalue weighted by atomic mass is 32.2. The number of sulfonamides is 1. The Kier molecular flexibility index (Phi) is 5.73. The zero-order chi connectivity index (χ0) is 18.6. The molecule has 0 aliphatic carbocycles. The van der Waals surface area contributed by atoms with Gasteiger partial charge in [-0.05, 0) is 35.1 Å². The van der Waals surface area contributed by atoms with E-state index >= 15 is 0 Å². The van der Waals surface area contributed by atoms with Crippen molar-refractivity contribution < 1.29 is 13.2 Å². The summed E-state index contributed by atoms with van der Waals surface area (Å²) in [6.07, 6.45) is 1.35. The predicted molar refractivity (Wildman–Crippen MR) is 96.0 cm³/mol. The van der Waals surface area contributed by atoms with Crippen LogP contribution in [0.25, 0.3) is 0 Å². The summed E-state index contributed by atoms with van der Waals surface area (Å²) in [6.45, 7) is 8.05. The number of rotatable bonds is 5. The number of amides is 2. The normalized spacial score (nSPS) is 11.6. The summed E-state index contributed by atoms with van der Waals surface area (Å²) in [7, 11) is -4.08. The standard InChI is InChI=1S/C17H22N4O3S/c1-11(2)13-7-5-8-14(12(3)4)16(13)19-17(22)21-25(23,24)15-9-6-10-18-20-15/h5-12H,1-4H3,(H2,19,21,22). The fourth-order valence-corrected chi connectivity index (χ4v) is 3.25. The minimum absolute atomic E-state index is 0.172. The molecule has 2 amide bonds. The maximum atomic E-state index is 12.3. The third kappa shape index (κ3) is 4.54. The molecule has 0 spiro atoms. The van der Waals surface area contributed by atoms with Crippen molar-refractivity contribution in [3.8, 4) is 0 Å². The van der Waals surface area contributed by atoms with Crippen molar-refractivity contribution in [3.05, 3.63) is 47.7 Å². The lowest BCUT2D eigenvalue weighted by Crippen LogP contribution is -2.35. The number of carbonyl (C=O) groups excluding carboxylic acids is 1. The first-order valence-electron chi connectivity index (χ1n) is 7.96. The van der Waals surface area contributed by atoms with E-state index in [4.69, 9.17) is 0 Å². The zero-order valence-corrected chi connectivity index (χ0v) is 15.5. The lowest BCUT2D eigenvalue weighted by molar-refractivity contribution is 0.256. The summed E-state index contributed by atoms with van der Waals surface area (Å²) in [5.74, 6) is 0.344. The first-order valence-corrected chi connectivity index (χ1v) is 9.45. The van der Waals surface area contributed by atoms with Gasteiger partial charge in [0.25, 0.3) is 10.0 Å². The molecule has 0 atom stereocenters. The molecule has 0 saturated heterocycles. The largest absolute Gasteiger partial charge is 0.333 e. The zero-order valence-electron chi connectivity index (χ0n) is 14.6. The second-order valence-electron chi connectivity index (χ2n) is 6.24. The van der Waals surface area contributed by atoms with Crippen LogP contribution in [0.5, 0.6) is 0 Å². The quantitative estimate of drug-likeness (QED) is 0.850. The smallest absolute Gasteiger partial charge is 0.307 e. The molecule has 0 fully saturated rings. The Morgan fingerprint density at radius 3 is 2.08 bits per heavy atom. The maximum absolute atomic E-state index is 12.3. The number of carbonyl (C=O) groups is 1. The number of urea groups is 1. The van der Waals surface area contributed by atoms with Gasteiger partial charge in [0.1, 0.15) is 0 Å². The molecule has 0 saturated carbocycles. The van der Waals surface area contributed by atoms with Crippen molar-refractivity contribution in [1.82, 2.24) is 14.9 Å². The van der Waals surface area contributed by atoms with E-state index in [0.29, 0.717) is 5.69 Å². The van der Waals surface area contributed by atoms with Crippen molar-refractivity contribution in [2.24, 2.45) is 0 Å². The second-order valence-corrected chi connectivity index (χ2v) is 7.87. The van der Waals surface area contributed by atoms with Crippen molar-refractivity contribution in [2.45, 2.75) is 44.6 Å². The van der Waals surface area contributed by atoms with Gasteiger partial charge >= 0.3 is 6.03 Å². The van der Waals surface area contributed by atoms with Crippen LogP contribution in [0.4, 0.5) is 10.5 Å². The average Bonchev–Trinajstić information content (AvgIpc) is 2.54. The van der Waals surface area contributed by atoms with E-state index in [9.17, 15) is 13.2 Å². The van der Waals surface area contributed by atoms with Gasteiger partial charge in [0.2, 0.25) is 0 Å². The van der Waals surface area contributed by atoms with E-state index in [1.54, 1.807) is 0 Å². The van der Waals surface area contributed by atoms with Gasteiger partial charge in [-0.2, -0.15) is 13.5 Å². The molecular weight excluding hydrogens is 340 g/mol. The van der Waals surface area contributed by atoms with E-state index < -0.39 is 16.1 Å². The summed E-state index contributed by atoms with van der Waals surface area (Å²) in [4.78, 5) is 12.3. The summed E-state index contributed by atoms with van der Waals surface area (Å²) in [5.41, 5.74) is 2.52. The van der Waals surface area contributed by atoms with Gasteiger partial charge in [0.05, 0.1) is 0 Å². The molecule has 8 heteroatoms. The van der Waals surface area contributed by atoms with Gasteiger partial charge in [-0.3, -0.25) is 0 Å². The van der Waals surface area contributed by atoms with Gasteiger partial charge in [-0.15, -0.1) is 5.10 Å². The number of benzene rings is 1. The third-order valence-corrected chi connectivity index (χ3v) is 4.88. The molecule has 1 aromatic heterocycles. The van der Waals surface area contributed by atoms with Crippen LogP contribution in [-0.2, 0) is 10.0 Å². The highest BCUT2D eigenvalue weighted by Crippen LogP contribution is 2.32. The number of hydrogen-bond donors (Lipinski definition) is 2. The molecule has 2 N–H and O–H groups in total. The van der Waals surface area contributed by atoms with E-state index in [0.717, 1.165) is 11.1 Å². The van der Waals surface area contributed by atoms with Crippen LogP contribution >= 0.6 is 0 Å². The Balaban J connectivity index is 2.29. The average molecular weight is 362 g/mol. The van der Waals surface area contributed by atoms with Crippen LogP contribution in [0.2, 0.25) is 0 Å². The highest BCUT2D eigenvalue weighted by Gasteiger charge is 2.21. The Bertz CT molecular complexity index is 823. The molecule has 0 aliphatic heterocycles. The molecule has 0 bridgehead atoms. The minimum Gasteiger partial charge on any atom is -0.307 e. The van der Waals surface area contributed by atoms with E-state index in [1.165, 1.54) is 18.3 Å². The van der Waals surface area contributed by atoms with Crippen molar-refractivity contribution in [2.75, 3.05) is 5.32 Å². The number of aromatic nitrogens is 2. The Morgan fingerprint density at radius 1 is 1.00 bits per heavy atom. The van der Waals surface area contributed by atoms with Crippen molar-refractivity contribution in [1.29, 1.82) is 0 Å². The monoisotopic (exact) mass is 362 g/mol. The lowest BCUT2D eigenvalue weighted by Gasteiger charge is -2.20. The highest BCUT2D eigenvalue weighted by molar-refractivity contribution is 7.90. The molecule has 2 rings (SSSR count). The van der Waals surface area contributed by atoms with Crippen LogP contribution in [0, 0.1) is 0 Å². The molecule has 2 aromatic rings. The molecule has 0 aliphatic rings. The first kappa shape index (κ1) is 18.9. The van der Waals surface area contributed by atoms with Gasteiger partial charge in [0.15, 0.2) is 5.03 Å². The van der Waals surface area contributed by atoms with Crippen LogP contribution in [0.3, 0.4) is 0 Å². The first-order chi connectivity index (χ1) is 11.7. The topological polar surface area (TPSA) is 101 Å². The minimum atomic E-state index is -4.08. The molecule has 1 heterocycles. The number of para-hydroxylation sites is 1. The van der Waals surface area contributed by atoms with Crippen LogP contribution in [0.15, 0.2) is 41.6 Å². The SMILES string of the molecule is CC(C)c1cccc(C(C)C)c1NC(=O)NS(=O)(=O)c1cccnn1. The van der Waals surface area contributed by atoms with Crippen LogP contribution in [0.1, 0.15) is 50.7 Å². The van der Waals surface area contributed by atoms with E-state index in [2.05, 4.69) is 15.5 Å². The Morgan fingerprint density at radius 2 is 1.60 bits per heavy atom. The molecule has 0 unspecified atom stereocenters. The predicted octanol–water partition coefficient (Wildman–Crippen LogP) is 3.23. The van der Waals surface area contributed by atoms with Crippen molar-refractivity contribution in [3.63, 3.8) is 0 Å². The van der Waals surface area contributed by atoms with Crippen LogP contribution in [-0.4, -0.2) is 24.6 Å². The fourth-order valence-electron chi connectivity index (χ4n) is 2.44. The summed E-state index contributed by atoms with van der Waals surface area (Å²) >= 11 is 0. The van der Waals surface area contributed by atoms with E-state index in [1.807, 2.05) is 50.6 Å². The number of nitrogens with one attached hydrogen (secondary N) is 2. The number of hydrogen-bond acceptors (Lipinski definition) is 5. The molecule has 0 radical (unpaired) electrons. The second kappa shape index (κ2) is 7.60. The Labute approximate surface area is 147 Å². The maximum Gasteiger partial charge on any atom is 0.333 e. The molecule has 134 valence electrons. The number of nitrogens with zero attached hydrogens (tertiary/aromatic N) is 2. The molecular formula is C17H22N4O3S. The third-order valence-electron chi connectivity index (χ3n) is 3.66. The summed E-state index contributed by atoms with van der Waals surface area (Å²) in [5, 5.41) is 9.41. The van der Waals surface area contributed by atoms with Gasteiger partial charge in [-0.25, -0.2) is 9.52 Å². The summed E-state index contributed by atoms with van der Waals surface area (Å²) < 4.78 is 26.4. The molecule has 1 aromatic carbocycles. The fraction of sp³-hybridized carbons (Fsp3) is 0.353. The van der Waals surface area contributed by atoms with Gasteiger partial charge < -0.3 is 5.32 Å². The van der Waals surface area contributed by atoms with Crippen molar-refractivity contribution >= 4 is 21.7 Å². The van der Waals surface area contributed by atoms with E-state index in [-0.39, 0.29) is 16.9 Å². The summed E-state index contributed by atoms with van der Waals surface area (Å²) in [6, 6.07) is 7.64. The lowest BCUT2D eigenvalue weighted by atomic mass is 9.93. The molecule has 25 heavy (non-hydrogen) atoms. The number of anilines is 1. The van der Waals surface area contributed by atoms with Gasteiger partial charge in [-0.1, -0.05) is 45.9 Å². The van der Waals surface area contributed by atoms with Gasteiger partial charge in [0, 0.05) is 11.9 Å². The molecule has 7 nitrogen and oxygen atoms in total.